The number of phenolic OH excluding ortho intramolecular Hbond substituents is 1. The summed E-state index contributed by atoms with van der Waals surface area (Å²) in [6.45, 7) is 11.0. The second-order valence-corrected chi connectivity index (χ2v) is 13.4. The van der Waals surface area contributed by atoms with Crippen LogP contribution in [0, 0.1) is 25.2 Å². The average Bonchev–Trinajstić information content (AvgIpc) is 3.61. The minimum absolute atomic E-state index is 0.000216. The second kappa shape index (κ2) is 11.8. The van der Waals surface area contributed by atoms with E-state index >= 15 is 0 Å². The first-order valence-electron chi connectivity index (χ1n) is 16.0. The minimum Gasteiger partial charge on any atom is -0.507 e. The number of benzene rings is 2. The number of piperidine rings is 1. The normalized spacial score (nSPS) is 16.9. The highest BCUT2D eigenvalue weighted by atomic mass is 16.5. The first-order chi connectivity index (χ1) is 22.2. The quantitative estimate of drug-likeness (QED) is 0.203. The lowest BCUT2D eigenvalue weighted by molar-refractivity contribution is 0.0925. The van der Waals surface area contributed by atoms with E-state index in [4.69, 9.17) is 19.2 Å². The average molecular weight is 621 g/mol. The van der Waals surface area contributed by atoms with Gasteiger partial charge in [0.1, 0.15) is 29.7 Å². The summed E-state index contributed by atoms with van der Waals surface area (Å²) in [4.78, 5) is 25.0. The molecule has 1 atom stereocenters. The molecule has 0 unspecified atom stereocenters. The predicted molar refractivity (Wildman–Crippen MR) is 176 cm³/mol. The van der Waals surface area contributed by atoms with Crippen molar-refractivity contribution in [1.82, 2.24) is 25.0 Å². The number of hydrogen-bond acceptors (Lipinski definition) is 8. The van der Waals surface area contributed by atoms with E-state index in [0.29, 0.717) is 24.6 Å². The van der Waals surface area contributed by atoms with Crippen molar-refractivity contribution in [2.75, 3.05) is 31.1 Å². The number of carbonyl (C=O) groups excluding carboxylic acids is 1. The number of anilines is 1. The Kier molecular flexibility index (Phi) is 7.66. The van der Waals surface area contributed by atoms with Crippen LogP contribution in [0.25, 0.3) is 22.2 Å². The van der Waals surface area contributed by atoms with Crippen LogP contribution in [0.4, 0.5) is 5.95 Å². The Morgan fingerprint density at radius 1 is 1.07 bits per heavy atom. The van der Waals surface area contributed by atoms with Gasteiger partial charge in [0.15, 0.2) is 5.75 Å². The summed E-state index contributed by atoms with van der Waals surface area (Å²) in [7, 11) is 0. The molecule has 0 bridgehead atoms. The van der Waals surface area contributed by atoms with Crippen LogP contribution >= 0.6 is 0 Å². The van der Waals surface area contributed by atoms with Crippen molar-refractivity contribution in [1.29, 1.82) is 0 Å². The summed E-state index contributed by atoms with van der Waals surface area (Å²) in [5.74, 6) is 2.79. The van der Waals surface area contributed by atoms with E-state index in [0.717, 1.165) is 83.4 Å². The lowest BCUT2D eigenvalue weighted by Crippen LogP contribution is -2.40. The maximum Gasteiger partial charge on any atom is 0.255 e. The molecule has 2 aliphatic rings. The molecule has 10 nitrogen and oxygen atoms in total. The number of nitrogens with zero attached hydrogens (tertiary/aromatic N) is 5. The summed E-state index contributed by atoms with van der Waals surface area (Å²) in [6.07, 6.45) is 4.88. The van der Waals surface area contributed by atoms with Crippen molar-refractivity contribution >= 4 is 22.9 Å². The number of imidazole rings is 1. The van der Waals surface area contributed by atoms with Crippen molar-refractivity contribution in [2.24, 2.45) is 11.3 Å². The second-order valence-electron chi connectivity index (χ2n) is 13.4. The van der Waals surface area contributed by atoms with Gasteiger partial charge in [-0.25, -0.2) is 4.98 Å². The molecule has 5 aromatic rings. The van der Waals surface area contributed by atoms with Gasteiger partial charge in [-0.1, -0.05) is 37.2 Å². The third kappa shape index (κ3) is 5.46. The molecule has 2 N–H and O–H groups in total. The Morgan fingerprint density at radius 3 is 2.57 bits per heavy atom. The van der Waals surface area contributed by atoms with Crippen molar-refractivity contribution in [3.63, 3.8) is 0 Å². The van der Waals surface area contributed by atoms with E-state index in [-0.39, 0.29) is 23.1 Å². The first-order valence-corrected chi connectivity index (χ1v) is 16.0. The van der Waals surface area contributed by atoms with E-state index in [1.165, 1.54) is 6.07 Å². The molecule has 2 aliphatic heterocycles. The lowest BCUT2D eigenvalue weighted by atomic mass is 9.79. The molecule has 0 spiro atoms. The van der Waals surface area contributed by atoms with Crippen molar-refractivity contribution in [2.45, 2.75) is 53.0 Å². The molecule has 1 amide bonds. The van der Waals surface area contributed by atoms with Crippen LogP contribution in [-0.2, 0) is 0 Å². The number of phenols is 1. The number of ether oxygens (including phenoxy) is 1. The number of aryl methyl sites for hydroxylation is 2. The highest BCUT2D eigenvalue weighted by Crippen LogP contribution is 2.46. The molecule has 0 saturated carbocycles. The number of nitrogens with one attached hydrogen (secondary N) is 1. The molecular weight excluding hydrogens is 580 g/mol. The molecule has 3 aromatic heterocycles. The molecule has 2 aromatic carbocycles. The van der Waals surface area contributed by atoms with E-state index in [9.17, 15) is 9.90 Å². The molecule has 238 valence electrons. The molecule has 46 heavy (non-hydrogen) atoms. The summed E-state index contributed by atoms with van der Waals surface area (Å²) in [6, 6.07) is 16.7. The molecule has 0 aliphatic carbocycles. The van der Waals surface area contributed by atoms with Gasteiger partial charge < -0.3 is 24.6 Å². The third-order valence-electron chi connectivity index (χ3n) is 9.43. The van der Waals surface area contributed by atoms with Gasteiger partial charge in [0.25, 0.3) is 5.91 Å². The highest BCUT2D eigenvalue weighted by Gasteiger charge is 2.35. The first kappa shape index (κ1) is 29.8. The van der Waals surface area contributed by atoms with Crippen LogP contribution in [0.1, 0.15) is 66.7 Å². The molecule has 7 rings (SSSR count). The van der Waals surface area contributed by atoms with Gasteiger partial charge in [-0.15, -0.1) is 0 Å². The summed E-state index contributed by atoms with van der Waals surface area (Å²) < 4.78 is 14.4. The Labute approximate surface area is 268 Å². The van der Waals surface area contributed by atoms with Crippen LogP contribution in [0.3, 0.4) is 0 Å². The van der Waals surface area contributed by atoms with E-state index < -0.39 is 0 Å². The van der Waals surface area contributed by atoms with E-state index in [2.05, 4.69) is 52.0 Å². The van der Waals surface area contributed by atoms with Crippen LogP contribution < -0.4 is 15.0 Å². The zero-order valence-corrected chi connectivity index (χ0v) is 26.8. The summed E-state index contributed by atoms with van der Waals surface area (Å²) >= 11 is 0. The number of carbonyl (C=O) groups is 1. The van der Waals surface area contributed by atoms with Crippen LogP contribution in [0.15, 0.2) is 65.3 Å². The Morgan fingerprint density at radius 2 is 1.85 bits per heavy atom. The SMILES string of the molecule is Cc1noc(C)c1-c1ccc2nc(N3CCC(CC(C)(C)CNC(=O)c4ccccc4O)CC3)n3c2c1OC[C@@H]3c1ccccn1. The largest absolute Gasteiger partial charge is 0.507 e. The number of aromatic hydroxyl groups is 1. The van der Waals surface area contributed by atoms with Gasteiger partial charge in [0.05, 0.1) is 28.0 Å². The topological polar surface area (TPSA) is 119 Å². The van der Waals surface area contributed by atoms with Crippen molar-refractivity contribution in [3.8, 4) is 22.6 Å². The fourth-order valence-electron chi connectivity index (χ4n) is 7.17. The van der Waals surface area contributed by atoms with Gasteiger partial charge in [-0.2, -0.15) is 0 Å². The van der Waals surface area contributed by atoms with E-state index in [1.54, 1.807) is 18.2 Å². The third-order valence-corrected chi connectivity index (χ3v) is 9.43. The molecular formula is C36H40N6O4. The van der Waals surface area contributed by atoms with E-state index in [1.807, 2.05) is 32.2 Å². The Balaban J connectivity index is 1.13. The zero-order valence-electron chi connectivity index (χ0n) is 26.8. The van der Waals surface area contributed by atoms with Gasteiger partial charge in [-0.3, -0.25) is 14.3 Å². The van der Waals surface area contributed by atoms with Gasteiger partial charge in [0, 0.05) is 31.4 Å². The van der Waals surface area contributed by atoms with Crippen LogP contribution in [0.5, 0.6) is 11.5 Å². The lowest BCUT2D eigenvalue weighted by Gasteiger charge is -2.38. The fourth-order valence-corrected chi connectivity index (χ4v) is 7.17. The van der Waals surface area contributed by atoms with Crippen LogP contribution in [-0.4, -0.2) is 56.9 Å². The van der Waals surface area contributed by atoms with Gasteiger partial charge >= 0.3 is 0 Å². The van der Waals surface area contributed by atoms with Crippen molar-refractivity contribution in [3.05, 3.63) is 83.5 Å². The monoisotopic (exact) mass is 620 g/mol. The molecule has 10 heteroatoms. The number of pyridine rings is 1. The number of amides is 1. The number of para-hydroxylation sites is 1. The standard InChI is InChI=1S/C36H40N6O4/c1-22-31(23(2)46-40-22)26-12-13-28-32-33(26)45-20-29(27-10-7-8-16-37-27)42(32)35(39-28)41-17-14-24(15-18-41)19-36(3,4)21-38-34(44)25-9-5-6-11-30(25)43/h5-13,16,24,29,43H,14-15,17-21H2,1-4H3,(H,38,44)/t29-/m1/s1. The molecule has 0 radical (unpaired) electrons. The fraction of sp³-hybridized carbons (Fsp3) is 0.389. The molecule has 1 saturated heterocycles. The van der Waals surface area contributed by atoms with Crippen molar-refractivity contribution < 1.29 is 19.2 Å². The highest BCUT2D eigenvalue weighted by molar-refractivity contribution is 5.97. The summed E-state index contributed by atoms with van der Waals surface area (Å²) in [5, 5.41) is 17.3. The Hall–Kier alpha value is -4.86. The zero-order chi connectivity index (χ0) is 32.0. The van der Waals surface area contributed by atoms with Gasteiger partial charge in [0.2, 0.25) is 5.95 Å². The number of hydrogen-bond donors (Lipinski definition) is 2. The maximum atomic E-state index is 12.7. The smallest absolute Gasteiger partial charge is 0.255 e. The van der Waals surface area contributed by atoms with Gasteiger partial charge in [-0.05, 0) is 80.8 Å². The van der Waals surface area contributed by atoms with Crippen LogP contribution in [0.2, 0.25) is 0 Å². The summed E-state index contributed by atoms with van der Waals surface area (Å²) in [5.41, 5.74) is 5.78. The number of rotatable bonds is 8. The number of aromatic nitrogens is 4. The molecule has 1 fully saturated rings. The molecule has 5 heterocycles. The maximum absolute atomic E-state index is 12.7. The minimum atomic E-state index is -0.246. The predicted octanol–water partition coefficient (Wildman–Crippen LogP) is 6.45. The Bertz CT molecular complexity index is 1870.